The fourth-order valence-corrected chi connectivity index (χ4v) is 3.70. The van der Waals surface area contributed by atoms with Crippen molar-refractivity contribution in [2.45, 2.75) is 11.8 Å². The molecular formula is C22H16BrNO3S. The molecule has 0 unspecified atom stereocenters. The second-order valence-electron chi connectivity index (χ2n) is 6.10. The Balaban J connectivity index is 1.88. The van der Waals surface area contributed by atoms with E-state index >= 15 is 0 Å². The first-order valence-corrected chi connectivity index (χ1v) is 10.6. The molecule has 0 amide bonds. The molecular weight excluding hydrogens is 438 g/mol. The molecule has 0 radical (unpaired) electrons. The summed E-state index contributed by atoms with van der Waals surface area (Å²) < 4.78 is 31.1. The third-order valence-electron chi connectivity index (χ3n) is 3.96. The van der Waals surface area contributed by atoms with Gasteiger partial charge in [0.25, 0.3) is 0 Å². The Labute approximate surface area is 173 Å². The quantitative estimate of drug-likeness (QED) is 0.286. The molecule has 0 fully saturated rings. The zero-order valence-corrected chi connectivity index (χ0v) is 17.4. The van der Waals surface area contributed by atoms with E-state index in [1.807, 2.05) is 31.2 Å². The van der Waals surface area contributed by atoms with Crippen molar-refractivity contribution in [3.05, 3.63) is 94.0 Å². The van der Waals surface area contributed by atoms with Gasteiger partial charge in [-0.15, -0.1) is 0 Å². The van der Waals surface area contributed by atoms with Gasteiger partial charge in [0, 0.05) is 4.47 Å². The third kappa shape index (κ3) is 4.89. The van der Waals surface area contributed by atoms with Crippen LogP contribution in [0.5, 0.6) is 5.75 Å². The molecule has 3 rings (SSSR count). The van der Waals surface area contributed by atoms with Crippen LogP contribution < -0.4 is 4.18 Å². The van der Waals surface area contributed by atoms with E-state index in [1.165, 1.54) is 12.1 Å². The molecule has 0 heterocycles. The molecule has 4 nitrogen and oxygen atoms in total. The molecule has 28 heavy (non-hydrogen) atoms. The molecule has 140 valence electrons. The van der Waals surface area contributed by atoms with Crippen LogP contribution in [0.4, 0.5) is 0 Å². The molecule has 6 heteroatoms. The molecule has 0 N–H and O–H groups in total. The average molecular weight is 454 g/mol. The molecule has 3 aromatic rings. The molecule has 3 aromatic carbocycles. The summed E-state index contributed by atoms with van der Waals surface area (Å²) in [4.78, 5) is 0.0895. The van der Waals surface area contributed by atoms with Crippen molar-refractivity contribution < 1.29 is 12.6 Å². The van der Waals surface area contributed by atoms with Crippen LogP contribution in [-0.4, -0.2) is 8.42 Å². The van der Waals surface area contributed by atoms with Crippen molar-refractivity contribution in [3.8, 4) is 11.8 Å². The Bertz CT molecular complexity index is 1160. The summed E-state index contributed by atoms with van der Waals surface area (Å²) in [7, 11) is -3.93. The number of nitriles is 1. The number of aryl methyl sites for hydroxylation is 1. The van der Waals surface area contributed by atoms with Crippen LogP contribution >= 0.6 is 15.9 Å². The van der Waals surface area contributed by atoms with Crippen molar-refractivity contribution in [2.24, 2.45) is 0 Å². The predicted octanol–water partition coefficient (Wildman–Crippen LogP) is 5.59. The van der Waals surface area contributed by atoms with Gasteiger partial charge >= 0.3 is 10.1 Å². The average Bonchev–Trinajstić information content (AvgIpc) is 2.67. The molecule has 0 atom stereocenters. The van der Waals surface area contributed by atoms with Crippen molar-refractivity contribution in [2.75, 3.05) is 0 Å². The Morgan fingerprint density at radius 3 is 2.36 bits per heavy atom. The van der Waals surface area contributed by atoms with Crippen LogP contribution in [0.15, 0.2) is 82.2 Å². The maximum Gasteiger partial charge on any atom is 0.339 e. The molecule has 0 saturated carbocycles. The van der Waals surface area contributed by atoms with Gasteiger partial charge in [-0.05, 0) is 60.5 Å². The monoisotopic (exact) mass is 453 g/mol. The second kappa shape index (κ2) is 8.42. The highest BCUT2D eigenvalue weighted by Crippen LogP contribution is 2.24. The minimum Gasteiger partial charge on any atom is -0.379 e. The second-order valence-corrected chi connectivity index (χ2v) is 8.56. The van der Waals surface area contributed by atoms with Crippen molar-refractivity contribution >= 4 is 37.7 Å². The smallest absolute Gasteiger partial charge is 0.339 e. The van der Waals surface area contributed by atoms with Crippen LogP contribution in [0.3, 0.4) is 0 Å². The Morgan fingerprint density at radius 2 is 1.71 bits per heavy atom. The highest BCUT2D eigenvalue weighted by Gasteiger charge is 2.16. The van der Waals surface area contributed by atoms with Gasteiger partial charge in [0.2, 0.25) is 0 Å². The first-order chi connectivity index (χ1) is 13.4. The summed E-state index contributed by atoms with van der Waals surface area (Å²) in [6.07, 6.45) is 1.69. The molecule has 0 aliphatic carbocycles. The molecule has 0 saturated heterocycles. The van der Waals surface area contributed by atoms with Gasteiger partial charge in [-0.1, -0.05) is 57.9 Å². The van der Waals surface area contributed by atoms with E-state index < -0.39 is 10.1 Å². The van der Waals surface area contributed by atoms with Crippen molar-refractivity contribution in [1.82, 2.24) is 0 Å². The number of nitrogens with zero attached hydrogens (tertiary/aromatic N) is 1. The molecule has 0 aromatic heterocycles. The lowest BCUT2D eigenvalue weighted by Crippen LogP contribution is -2.09. The zero-order chi connectivity index (χ0) is 20.1. The lowest BCUT2D eigenvalue weighted by molar-refractivity contribution is 0.486. The summed E-state index contributed by atoms with van der Waals surface area (Å²) in [5, 5.41) is 9.48. The SMILES string of the molecule is Cc1ccc(S(=O)(=O)Oc2cccc(/C=C(\C#N)c3ccc(Br)cc3)c2)cc1. The zero-order valence-electron chi connectivity index (χ0n) is 15.0. The van der Waals surface area contributed by atoms with Gasteiger partial charge in [-0.2, -0.15) is 13.7 Å². The number of hydrogen-bond donors (Lipinski definition) is 0. The maximum atomic E-state index is 12.5. The fourth-order valence-electron chi connectivity index (χ4n) is 2.51. The largest absolute Gasteiger partial charge is 0.379 e. The van der Waals surface area contributed by atoms with E-state index in [0.717, 1.165) is 15.6 Å². The number of rotatable bonds is 5. The number of benzene rings is 3. The lowest BCUT2D eigenvalue weighted by Gasteiger charge is -2.08. The topological polar surface area (TPSA) is 67.2 Å². The first kappa shape index (κ1) is 19.9. The van der Waals surface area contributed by atoms with E-state index in [2.05, 4.69) is 22.0 Å². The van der Waals surface area contributed by atoms with Crippen molar-refractivity contribution in [3.63, 3.8) is 0 Å². The van der Waals surface area contributed by atoms with Crippen LogP contribution in [-0.2, 0) is 10.1 Å². The fraction of sp³-hybridized carbons (Fsp3) is 0.0455. The van der Waals surface area contributed by atoms with E-state index in [0.29, 0.717) is 11.1 Å². The summed E-state index contributed by atoms with van der Waals surface area (Å²) in [5.74, 6) is 0.183. The Morgan fingerprint density at radius 1 is 1.04 bits per heavy atom. The van der Waals surface area contributed by atoms with E-state index in [9.17, 15) is 13.7 Å². The minimum absolute atomic E-state index is 0.0895. The van der Waals surface area contributed by atoms with Gasteiger partial charge in [0.15, 0.2) is 0 Å². The van der Waals surface area contributed by atoms with E-state index in [-0.39, 0.29) is 10.6 Å². The normalized spacial score (nSPS) is 11.7. The number of hydrogen-bond acceptors (Lipinski definition) is 4. The maximum absolute atomic E-state index is 12.5. The number of halogens is 1. The summed E-state index contributed by atoms with van der Waals surface area (Å²) in [6, 6.07) is 22.6. The highest BCUT2D eigenvalue weighted by atomic mass is 79.9. The van der Waals surface area contributed by atoms with Crippen LogP contribution in [0.1, 0.15) is 16.7 Å². The third-order valence-corrected chi connectivity index (χ3v) is 5.75. The first-order valence-electron chi connectivity index (χ1n) is 8.36. The molecule has 0 aliphatic rings. The minimum atomic E-state index is -3.93. The van der Waals surface area contributed by atoms with Crippen LogP contribution in [0.25, 0.3) is 11.6 Å². The summed E-state index contributed by atoms with van der Waals surface area (Å²) in [6.45, 7) is 1.88. The highest BCUT2D eigenvalue weighted by molar-refractivity contribution is 9.10. The van der Waals surface area contributed by atoms with Crippen LogP contribution in [0.2, 0.25) is 0 Å². The van der Waals surface area contributed by atoms with Gasteiger partial charge in [0.1, 0.15) is 10.6 Å². The summed E-state index contributed by atoms with van der Waals surface area (Å²) in [5.41, 5.74) is 2.86. The van der Waals surface area contributed by atoms with Crippen LogP contribution in [0, 0.1) is 18.3 Å². The van der Waals surface area contributed by atoms with E-state index in [4.69, 9.17) is 4.18 Å². The Hall–Kier alpha value is -2.88. The van der Waals surface area contributed by atoms with E-state index in [1.54, 1.807) is 42.5 Å². The van der Waals surface area contributed by atoms with Gasteiger partial charge in [-0.3, -0.25) is 0 Å². The lowest BCUT2D eigenvalue weighted by atomic mass is 10.0. The van der Waals surface area contributed by atoms with Gasteiger partial charge in [0.05, 0.1) is 11.6 Å². The standard InChI is InChI=1S/C22H16BrNO3S/c1-16-5-11-22(12-6-16)28(25,26)27-21-4-2-3-17(14-21)13-19(15-24)18-7-9-20(23)10-8-18/h2-14H,1H3/b19-13+. The molecule has 0 aliphatic heterocycles. The van der Waals surface area contributed by atoms with Gasteiger partial charge in [-0.25, -0.2) is 0 Å². The predicted molar refractivity (Wildman–Crippen MR) is 113 cm³/mol. The summed E-state index contributed by atoms with van der Waals surface area (Å²) >= 11 is 3.37. The van der Waals surface area contributed by atoms with Crippen molar-refractivity contribution in [1.29, 1.82) is 5.26 Å². The van der Waals surface area contributed by atoms with Gasteiger partial charge < -0.3 is 4.18 Å². The molecule has 0 bridgehead atoms. The molecule has 0 spiro atoms. The Kier molecular flexibility index (Phi) is 5.98. The number of allylic oxidation sites excluding steroid dienone is 1.